The van der Waals surface area contributed by atoms with Gasteiger partial charge in [-0.15, -0.1) is 0 Å². The molecule has 0 bridgehead atoms. The maximum atomic E-state index is 11.8. The van der Waals surface area contributed by atoms with Crippen molar-refractivity contribution in [2.24, 2.45) is 5.92 Å². The third-order valence-corrected chi connectivity index (χ3v) is 3.22. The second-order valence-corrected chi connectivity index (χ2v) is 4.71. The summed E-state index contributed by atoms with van der Waals surface area (Å²) in [6.07, 6.45) is 0. The average molecular weight is 218 g/mol. The van der Waals surface area contributed by atoms with Gasteiger partial charge in [0.15, 0.2) is 0 Å². The Kier molecular flexibility index (Phi) is 2.97. The fourth-order valence-corrected chi connectivity index (χ4v) is 1.83. The van der Waals surface area contributed by atoms with Crippen LogP contribution in [0.2, 0.25) is 0 Å². The Morgan fingerprint density at radius 1 is 1.25 bits per heavy atom. The van der Waals surface area contributed by atoms with Gasteiger partial charge >= 0.3 is 0 Å². The molecule has 0 aromatic heterocycles. The second kappa shape index (κ2) is 4.26. The first-order valence-corrected chi connectivity index (χ1v) is 5.75. The van der Waals surface area contributed by atoms with Crippen LogP contribution in [0, 0.1) is 5.92 Å². The molecule has 1 heterocycles. The van der Waals surface area contributed by atoms with E-state index in [1.807, 2.05) is 24.3 Å². The lowest BCUT2D eigenvalue weighted by Gasteiger charge is -2.21. The quantitative estimate of drug-likeness (QED) is 0.817. The number of hydrogen-bond donors (Lipinski definition) is 2. The number of rotatable bonds is 3. The molecule has 0 saturated carbocycles. The van der Waals surface area contributed by atoms with E-state index in [1.165, 1.54) is 0 Å². The lowest BCUT2D eigenvalue weighted by molar-refractivity contribution is -0.117. The van der Waals surface area contributed by atoms with Crippen LogP contribution >= 0.6 is 0 Å². The van der Waals surface area contributed by atoms with Crippen LogP contribution in [0.15, 0.2) is 24.3 Å². The van der Waals surface area contributed by atoms with Gasteiger partial charge in [0, 0.05) is 17.3 Å². The molecule has 0 aliphatic carbocycles. The minimum atomic E-state index is -0.200. The van der Waals surface area contributed by atoms with E-state index in [4.69, 9.17) is 0 Å². The SMILES string of the molecule is CC(C)C(C)NC1C(=O)Nc2ccccc21. The Bertz CT molecular complexity index is 401. The van der Waals surface area contributed by atoms with E-state index >= 15 is 0 Å². The summed E-state index contributed by atoms with van der Waals surface area (Å²) in [4.78, 5) is 11.8. The van der Waals surface area contributed by atoms with Crippen LogP contribution in [-0.2, 0) is 4.79 Å². The number of nitrogens with one attached hydrogen (secondary N) is 2. The summed E-state index contributed by atoms with van der Waals surface area (Å²) in [5, 5.41) is 6.26. The Morgan fingerprint density at radius 3 is 2.62 bits per heavy atom. The summed E-state index contributed by atoms with van der Waals surface area (Å²) in [7, 11) is 0. The van der Waals surface area contributed by atoms with Gasteiger partial charge in [-0.1, -0.05) is 32.0 Å². The summed E-state index contributed by atoms with van der Waals surface area (Å²) < 4.78 is 0. The van der Waals surface area contributed by atoms with E-state index in [0.29, 0.717) is 12.0 Å². The van der Waals surface area contributed by atoms with Gasteiger partial charge in [-0.3, -0.25) is 10.1 Å². The van der Waals surface area contributed by atoms with Gasteiger partial charge in [-0.25, -0.2) is 0 Å². The van der Waals surface area contributed by atoms with Crippen LogP contribution in [0.25, 0.3) is 0 Å². The molecule has 1 aromatic carbocycles. The van der Waals surface area contributed by atoms with Crippen LogP contribution in [0.4, 0.5) is 5.69 Å². The summed E-state index contributed by atoms with van der Waals surface area (Å²) in [6.45, 7) is 6.41. The van der Waals surface area contributed by atoms with Crippen LogP contribution in [-0.4, -0.2) is 11.9 Å². The highest BCUT2D eigenvalue weighted by atomic mass is 16.2. The van der Waals surface area contributed by atoms with Gasteiger partial charge in [-0.2, -0.15) is 0 Å². The topological polar surface area (TPSA) is 41.1 Å². The van der Waals surface area contributed by atoms with Gasteiger partial charge in [0.2, 0.25) is 5.91 Å². The average Bonchev–Trinajstić information content (AvgIpc) is 2.55. The van der Waals surface area contributed by atoms with E-state index in [-0.39, 0.29) is 11.9 Å². The normalized spacial score (nSPS) is 20.8. The first-order valence-electron chi connectivity index (χ1n) is 5.75. The van der Waals surface area contributed by atoms with Crippen molar-refractivity contribution >= 4 is 11.6 Å². The highest BCUT2D eigenvalue weighted by Crippen LogP contribution is 2.30. The Balaban J connectivity index is 2.19. The molecule has 16 heavy (non-hydrogen) atoms. The highest BCUT2D eigenvalue weighted by molar-refractivity contribution is 6.02. The number of hydrogen-bond acceptors (Lipinski definition) is 2. The lowest BCUT2D eigenvalue weighted by Crippen LogP contribution is -2.37. The number of amides is 1. The number of fused-ring (bicyclic) bond motifs is 1. The molecule has 0 spiro atoms. The van der Waals surface area contributed by atoms with Crippen molar-refractivity contribution in [1.82, 2.24) is 5.32 Å². The molecule has 0 radical (unpaired) electrons. The molecule has 3 heteroatoms. The fraction of sp³-hybridized carbons (Fsp3) is 0.462. The molecule has 2 N–H and O–H groups in total. The van der Waals surface area contributed by atoms with Gasteiger partial charge < -0.3 is 5.32 Å². The minimum Gasteiger partial charge on any atom is -0.324 e. The molecule has 0 saturated heterocycles. The van der Waals surface area contributed by atoms with Crippen molar-refractivity contribution in [2.75, 3.05) is 5.32 Å². The van der Waals surface area contributed by atoms with E-state index in [9.17, 15) is 4.79 Å². The van der Waals surface area contributed by atoms with Crippen molar-refractivity contribution in [2.45, 2.75) is 32.9 Å². The summed E-state index contributed by atoms with van der Waals surface area (Å²) >= 11 is 0. The van der Waals surface area contributed by atoms with Crippen LogP contribution < -0.4 is 10.6 Å². The minimum absolute atomic E-state index is 0.0497. The number of para-hydroxylation sites is 1. The Hall–Kier alpha value is -1.35. The third kappa shape index (κ3) is 1.95. The molecule has 2 atom stereocenters. The fourth-order valence-electron chi connectivity index (χ4n) is 1.83. The predicted octanol–water partition coefficient (Wildman–Crippen LogP) is 2.31. The van der Waals surface area contributed by atoms with Crippen molar-refractivity contribution in [3.63, 3.8) is 0 Å². The zero-order valence-corrected chi connectivity index (χ0v) is 9.95. The molecule has 1 aliphatic heterocycles. The van der Waals surface area contributed by atoms with Crippen molar-refractivity contribution < 1.29 is 4.79 Å². The molecule has 1 aromatic rings. The number of carbonyl (C=O) groups excluding carboxylic acids is 1. The number of benzene rings is 1. The zero-order valence-electron chi connectivity index (χ0n) is 9.95. The zero-order chi connectivity index (χ0) is 11.7. The van der Waals surface area contributed by atoms with Gasteiger partial charge in [-0.05, 0) is 18.9 Å². The molecule has 86 valence electrons. The third-order valence-electron chi connectivity index (χ3n) is 3.22. The Morgan fingerprint density at radius 2 is 1.94 bits per heavy atom. The van der Waals surface area contributed by atoms with E-state index < -0.39 is 0 Å². The second-order valence-electron chi connectivity index (χ2n) is 4.71. The summed E-state index contributed by atoms with van der Waals surface area (Å²) in [5.74, 6) is 0.564. The van der Waals surface area contributed by atoms with Crippen molar-refractivity contribution in [3.05, 3.63) is 29.8 Å². The number of anilines is 1. The molecule has 2 unspecified atom stereocenters. The maximum Gasteiger partial charge on any atom is 0.246 e. The molecule has 1 aliphatic rings. The summed E-state index contributed by atoms with van der Waals surface area (Å²) in [5.41, 5.74) is 1.99. The highest BCUT2D eigenvalue weighted by Gasteiger charge is 2.31. The molecule has 0 fully saturated rings. The van der Waals surface area contributed by atoms with Crippen molar-refractivity contribution in [3.8, 4) is 0 Å². The van der Waals surface area contributed by atoms with E-state index in [2.05, 4.69) is 31.4 Å². The molecular weight excluding hydrogens is 200 g/mol. The number of carbonyl (C=O) groups is 1. The van der Waals surface area contributed by atoms with Gasteiger partial charge in [0.1, 0.15) is 6.04 Å². The smallest absolute Gasteiger partial charge is 0.246 e. The predicted molar refractivity (Wildman–Crippen MR) is 65.2 cm³/mol. The Labute approximate surface area is 96.2 Å². The first-order chi connectivity index (χ1) is 7.59. The molecule has 2 rings (SSSR count). The van der Waals surface area contributed by atoms with Gasteiger partial charge in [0.05, 0.1) is 0 Å². The maximum absolute atomic E-state index is 11.8. The van der Waals surface area contributed by atoms with E-state index in [1.54, 1.807) is 0 Å². The van der Waals surface area contributed by atoms with Crippen LogP contribution in [0.5, 0.6) is 0 Å². The first kappa shape index (κ1) is 11.1. The van der Waals surface area contributed by atoms with Crippen LogP contribution in [0.3, 0.4) is 0 Å². The molecule has 1 amide bonds. The van der Waals surface area contributed by atoms with Crippen molar-refractivity contribution in [1.29, 1.82) is 0 Å². The van der Waals surface area contributed by atoms with Gasteiger partial charge in [0.25, 0.3) is 0 Å². The standard InChI is InChI=1S/C13H18N2O/c1-8(2)9(3)14-12-10-6-4-5-7-11(10)15-13(12)16/h4-9,12,14H,1-3H3,(H,15,16). The monoisotopic (exact) mass is 218 g/mol. The molecule has 3 nitrogen and oxygen atoms in total. The lowest BCUT2D eigenvalue weighted by atomic mass is 10.0. The van der Waals surface area contributed by atoms with E-state index in [0.717, 1.165) is 11.3 Å². The largest absolute Gasteiger partial charge is 0.324 e. The van der Waals surface area contributed by atoms with Crippen LogP contribution in [0.1, 0.15) is 32.4 Å². The summed E-state index contributed by atoms with van der Waals surface area (Å²) in [6, 6.07) is 7.96. The molecular formula is C13H18N2O.